The fraction of sp³-hybridized carbons (Fsp3) is 0.250. The molecule has 5 aromatic rings. The molecule has 0 saturated carbocycles. The van der Waals surface area contributed by atoms with Gasteiger partial charge in [0.25, 0.3) is 0 Å². The van der Waals surface area contributed by atoms with Gasteiger partial charge in [-0.05, 0) is 97.2 Å². The average molecular weight is 596 g/mol. The molecule has 1 saturated heterocycles. The van der Waals surface area contributed by atoms with E-state index in [1.807, 2.05) is 54.6 Å². The summed E-state index contributed by atoms with van der Waals surface area (Å²) in [6.07, 6.45) is 4.90. The van der Waals surface area contributed by atoms with E-state index in [2.05, 4.69) is 39.2 Å². The van der Waals surface area contributed by atoms with Gasteiger partial charge in [0.05, 0.1) is 0 Å². The Morgan fingerprint density at radius 1 is 0.907 bits per heavy atom. The molecule has 0 unspecified atom stereocenters. The highest BCUT2D eigenvalue weighted by Gasteiger charge is 2.24. The molecule has 6 rings (SSSR count). The van der Waals surface area contributed by atoms with Gasteiger partial charge in [0.1, 0.15) is 17.3 Å². The number of nitrogens with one attached hydrogen (secondary N) is 1. The molecule has 2 heterocycles. The highest BCUT2D eigenvalue weighted by molar-refractivity contribution is 6.30. The van der Waals surface area contributed by atoms with E-state index in [0.717, 1.165) is 47.2 Å². The third-order valence-electron chi connectivity index (χ3n) is 8.11. The summed E-state index contributed by atoms with van der Waals surface area (Å²) in [5.41, 5.74) is 4.12. The van der Waals surface area contributed by atoms with Gasteiger partial charge < -0.3 is 19.5 Å². The number of ether oxygens (including phenoxy) is 1. The summed E-state index contributed by atoms with van der Waals surface area (Å²) in [5.74, 6) is 0.935. The molecule has 1 aromatic heterocycles. The Morgan fingerprint density at radius 3 is 2.47 bits per heavy atom. The smallest absolute Gasteiger partial charge is 0.220 e. The molecule has 220 valence electrons. The van der Waals surface area contributed by atoms with Crippen molar-refractivity contribution in [2.45, 2.75) is 31.7 Å². The van der Waals surface area contributed by atoms with E-state index in [-0.39, 0.29) is 17.6 Å². The number of amides is 1. The van der Waals surface area contributed by atoms with Crippen LogP contribution in [0.1, 0.15) is 41.9 Å². The maximum absolute atomic E-state index is 13.6. The molecule has 4 aromatic carbocycles. The number of carbonyl (C=O) groups excluding carboxylic acids is 1. The standard InChI is InChI=1S/C36H35ClFN3O2/c37-28-12-16-30(17-13-28)43-31-7-5-6-27(22-31)33(23-36(42)39-18-21-40-19-3-4-20-40)34-25-41(35-9-2-1-8-32(34)35)24-26-10-14-29(38)15-11-26/h1-2,5-17,22,25,33H,3-4,18-21,23-24H2,(H,39,42)/t33-/m1/s1. The van der Waals surface area contributed by atoms with E-state index in [1.54, 1.807) is 12.1 Å². The summed E-state index contributed by atoms with van der Waals surface area (Å²) >= 11 is 6.06. The molecule has 1 atom stereocenters. The molecule has 1 aliphatic rings. The summed E-state index contributed by atoms with van der Waals surface area (Å²) in [4.78, 5) is 15.8. The third-order valence-corrected chi connectivity index (χ3v) is 8.36. The molecule has 5 nitrogen and oxygen atoms in total. The Morgan fingerprint density at radius 2 is 1.67 bits per heavy atom. The number of nitrogens with zero attached hydrogens (tertiary/aromatic N) is 2. The van der Waals surface area contributed by atoms with Crippen molar-refractivity contribution < 1.29 is 13.9 Å². The van der Waals surface area contributed by atoms with Gasteiger partial charge in [-0.25, -0.2) is 4.39 Å². The van der Waals surface area contributed by atoms with Crippen LogP contribution >= 0.6 is 11.6 Å². The highest BCUT2D eigenvalue weighted by atomic mass is 35.5. The predicted octanol–water partition coefficient (Wildman–Crippen LogP) is 8.01. The van der Waals surface area contributed by atoms with Gasteiger partial charge >= 0.3 is 0 Å². The molecule has 0 aliphatic carbocycles. The molecule has 1 aliphatic heterocycles. The predicted molar refractivity (Wildman–Crippen MR) is 171 cm³/mol. The van der Waals surface area contributed by atoms with Gasteiger partial charge in [-0.3, -0.25) is 4.79 Å². The number of rotatable bonds is 11. The van der Waals surface area contributed by atoms with Crippen LogP contribution in [0.2, 0.25) is 5.02 Å². The minimum absolute atomic E-state index is 0.0172. The average Bonchev–Trinajstić information content (AvgIpc) is 3.67. The Balaban J connectivity index is 1.32. The molecule has 0 spiro atoms. The van der Waals surface area contributed by atoms with Gasteiger partial charge in [0.15, 0.2) is 0 Å². The topological polar surface area (TPSA) is 46.5 Å². The van der Waals surface area contributed by atoms with E-state index in [1.165, 1.54) is 25.0 Å². The van der Waals surface area contributed by atoms with E-state index in [0.29, 0.717) is 36.0 Å². The van der Waals surface area contributed by atoms with E-state index >= 15 is 0 Å². The number of hydrogen-bond acceptors (Lipinski definition) is 3. The largest absolute Gasteiger partial charge is 0.457 e. The van der Waals surface area contributed by atoms with Crippen molar-refractivity contribution in [3.63, 3.8) is 0 Å². The molecule has 0 bridgehead atoms. The number of hydrogen-bond donors (Lipinski definition) is 1. The number of fused-ring (bicyclic) bond motifs is 1. The van der Waals surface area contributed by atoms with Crippen molar-refractivity contribution in [1.29, 1.82) is 0 Å². The molecular formula is C36H35ClFN3O2. The third kappa shape index (κ3) is 7.27. The molecule has 1 fully saturated rings. The number of para-hydroxylation sites is 1. The van der Waals surface area contributed by atoms with Gasteiger partial charge in [-0.2, -0.15) is 0 Å². The van der Waals surface area contributed by atoms with Crippen LogP contribution in [0.3, 0.4) is 0 Å². The van der Waals surface area contributed by atoms with E-state index in [4.69, 9.17) is 16.3 Å². The zero-order valence-electron chi connectivity index (χ0n) is 24.0. The zero-order chi connectivity index (χ0) is 29.6. The van der Waals surface area contributed by atoms with Crippen LogP contribution in [0, 0.1) is 5.82 Å². The summed E-state index contributed by atoms with van der Waals surface area (Å²) in [6, 6.07) is 30.1. The second-order valence-electron chi connectivity index (χ2n) is 11.1. The molecular weight excluding hydrogens is 561 g/mol. The van der Waals surface area contributed by atoms with Crippen molar-refractivity contribution in [2.75, 3.05) is 26.2 Å². The fourth-order valence-corrected chi connectivity index (χ4v) is 6.05. The highest BCUT2D eigenvalue weighted by Crippen LogP contribution is 2.37. The molecule has 7 heteroatoms. The summed E-state index contributed by atoms with van der Waals surface area (Å²) in [6.45, 7) is 4.31. The summed E-state index contributed by atoms with van der Waals surface area (Å²) in [5, 5.41) is 4.91. The first kappa shape index (κ1) is 29.0. The Labute approximate surface area is 256 Å². The van der Waals surface area contributed by atoms with Crippen LogP contribution < -0.4 is 10.1 Å². The van der Waals surface area contributed by atoms with Crippen LogP contribution in [0.5, 0.6) is 11.5 Å². The molecule has 1 amide bonds. The number of halogens is 2. The maximum atomic E-state index is 13.6. The minimum atomic E-state index is -0.252. The van der Waals surface area contributed by atoms with Crippen molar-refractivity contribution in [3.8, 4) is 11.5 Å². The second kappa shape index (κ2) is 13.4. The van der Waals surface area contributed by atoms with Gasteiger partial charge in [-0.1, -0.05) is 54.1 Å². The quantitative estimate of drug-likeness (QED) is 0.168. The monoisotopic (exact) mass is 595 g/mol. The Hall–Kier alpha value is -4.13. The number of benzene rings is 4. The first-order valence-electron chi connectivity index (χ1n) is 14.9. The lowest BCUT2D eigenvalue weighted by Gasteiger charge is -2.19. The number of likely N-dealkylation sites (tertiary alicyclic amines) is 1. The SMILES string of the molecule is O=C(C[C@H](c1cccc(Oc2ccc(Cl)cc2)c1)c1cn(Cc2ccc(F)cc2)c2ccccc12)NCCN1CCCC1. The normalized spacial score (nSPS) is 14.2. The van der Waals surface area contributed by atoms with Gasteiger partial charge in [-0.15, -0.1) is 0 Å². The number of carbonyl (C=O) groups is 1. The molecule has 43 heavy (non-hydrogen) atoms. The van der Waals surface area contributed by atoms with Gasteiger partial charge in [0.2, 0.25) is 5.91 Å². The fourth-order valence-electron chi connectivity index (χ4n) is 5.93. The van der Waals surface area contributed by atoms with Crippen molar-refractivity contribution >= 4 is 28.4 Å². The first-order valence-corrected chi connectivity index (χ1v) is 15.2. The Bertz CT molecular complexity index is 1680. The lowest BCUT2D eigenvalue weighted by Crippen LogP contribution is -2.34. The van der Waals surface area contributed by atoms with Gasteiger partial charge in [0, 0.05) is 54.1 Å². The van der Waals surface area contributed by atoms with E-state index in [9.17, 15) is 9.18 Å². The van der Waals surface area contributed by atoms with Crippen molar-refractivity contribution in [3.05, 3.63) is 131 Å². The zero-order valence-corrected chi connectivity index (χ0v) is 24.8. The van der Waals surface area contributed by atoms with Crippen LogP contribution in [-0.2, 0) is 11.3 Å². The van der Waals surface area contributed by atoms with Crippen LogP contribution in [0.4, 0.5) is 4.39 Å². The van der Waals surface area contributed by atoms with E-state index < -0.39 is 0 Å². The lowest BCUT2D eigenvalue weighted by molar-refractivity contribution is -0.121. The van der Waals surface area contributed by atoms with Crippen molar-refractivity contribution in [2.24, 2.45) is 0 Å². The van der Waals surface area contributed by atoms with Crippen LogP contribution in [-0.4, -0.2) is 41.6 Å². The Kier molecular flexibility index (Phi) is 9.06. The number of aromatic nitrogens is 1. The lowest BCUT2D eigenvalue weighted by atomic mass is 9.88. The summed E-state index contributed by atoms with van der Waals surface area (Å²) in [7, 11) is 0. The van der Waals surface area contributed by atoms with Crippen molar-refractivity contribution in [1.82, 2.24) is 14.8 Å². The van der Waals surface area contributed by atoms with Crippen LogP contribution in [0.25, 0.3) is 10.9 Å². The molecule has 1 N–H and O–H groups in total. The second-order valence-corrected chi connectivity index (χ2v) is 11.6. The first-order chi connectivity index (χ1) is 21.0. The minimum Gasteiger partial charge on any atom is -0.457 e. The van der Waals surface area contributed by atoms with Crippen LogP contribution in [0.15, 0.2) is 103 Å². The maximum Gasteiger partial charge on any atom is 0.220 e. The summed E-state index contributed by atoms with van der Waals surface area (Å²) < 4.78 is 22.0. The molecule has 0 radical (unpaired) electrons.